The van der Waals surface area contributed by atoms with Crippen LogP contribution in [-0.2, 0) is 11.5 Å². The van der Waals surface area contributed by atoms with Crippen LogP contribution in [0.25, 0.3) is 22.3 Å². The molecule has 0 saturated heterocycles. The molecular formula is C20H26ClN5O3Si. The summed E-state index contributed by atoms with van der Waals surface area (Å²) in [4.78, 5) is 13.1. The van der Waals surface area contributed by atoms with E-state index in [1.807, 2.05) is 6.07 Å². The van der Waals surface area contributed by atoms with E-state index < -0.39 is 8.07 Å². The number of aromatic nitrogens is 5. The van der Waals surface area contributed by atoms with Gasteiger partial charge in [-0.3, -0.25) is 0 Å². The number of nitrogens with zero attached hydrogens (tertiary/aromatic N) is 5. The Hall–Kier alpha value is -2.23. The minimum Gasteiger partial charge on any atom is -0.480 e. The van der Waals surface area contributed by atoms with Crippen LogP contribution < -0.4 is 9.47 Å². The first-order valence-corrected chi connectivity index (χ1v) is 14.1. The van der Waals surface area contributed by atoms with Crippen molar-refractivity contribution in [1.82, 2.24) is 24.7 Å². The van der Waals surface area contributed by atoms with Crippen LogP contribution in [0.15, 0.2) is 18.5 Å². The predicted molar refractivity (Wildman–Crippen MR) is 118 cm³/mol. The van der Waals surface area contributed by atoms with Gasteiger partial charge in [0.05, 0.1) is 7.11 Å². The van der Waals surface area contributed by atoms with Crippen LogP contribution in [-0.4, -0.2) is 52.6 Å². The van der Waals surface area contributed by atoms with Crippen LogP contribution >= 0.6 is 11.6 Å². The lowest BCUT2D eigenvalue weighted by Gasteiger charge is -2.15. The molecule has 10 heteroatoms. The van der Waals surface area contributed by atoms with Gasteiger partial charge in [-0.25, -0.2) is 19.6 Å². The Balaban J connectivity index is 1.73. The third kappa shape index (κ3) is 4.74. The molecule has 1 fully saturated rings. The topological polar surface area (TPSA) is 84.2 Å². The Labute approximate surface area is 181 Å². The zero-order valence-corrected chi connectivity index (χ0v) is 19.4. The largest absolute Gasteiger partial charge is 0.480 e. The maximum atomic E-state index is 6.17. The number of hydrogen-bond acceptors (Lipinski definition) is 7. The molecule has 0 aromatic carbocycles. The van der Waals surface area contributed by atoms with E-state index >= 15 is 0 Å². The van der Waals surface area contributed by atoms with Crippen molar-refractivity contribution in [1.29, 1.82) is 0 Å². The molecule has 8 nitrogen and oxygen atoms in total. The van der Waals surface area contributed by atoms with Gasteiger partial charge >= 0.3 is 0 Å². The average Bonchev–Trinajstić information content (AvgIpc) is 3.44. The Morgan fingerprint density at radius 1 is 1.17 bits per heavy atom. The molecule has 1 aliphatic carbocycles. The molecule has 30 heavy (non-hydrogen) atoms. The third-order valence-corrected chi connectivity index (χ3v) is 6.70. The van der Waals surface area contributed by atoms with Crippen LogP contribution in [0.5, 0.6) is 11.8 Å². The molecule has 3 aromatic rings. The van der Waals surface area contributed by atoms with Crippen molar-refractivity contribution in [2.24, 2.45) is 0 Å². The lowest BCUT2D eigenvalue weighted by molar-refractivity contribution is 0.0814. The molecule has 3 aromatic heterocycles. The van der Waals surface area contributed by atoms with Crippen LogP contribution in [0.2, 0.25) is 30.8 Å². The first-order chi connectivity index (χ1) is 14.4. The second-order valence-electron chi connectivity index (χ2n) is 8.58. The first kappa shape index (κ1) is 21.0. The van der Waals surface area contributed by atoms with E-state index in [2.05, 4.69) is 34.6 Å². The number of rotatable bonds is 9. The zero-order chi connectivity index (χ0) is 21.3. The van der Waals surface area contributed by atoms with Gasteiger partial charge in [0.1, 0.15) is 35.6 Å². The van der Waals surface area contributed by atoms with Crippen molar-refractivity contribution in [2.75, 3.05) is 13.7 Å². The SMILES string of the molecule is COc1ncnc(OC2CC2)c1-c1nn(COCC[Si](C)(C)C)c2nc(Cl)ccc12. The van der Waals surface area contributed by atoms with Crippen LogP contribution in [0.1, 0.15) is 12.8 Å². The molecule has 160 valence electrons. The fourth-order valence-corrected chi connectivity index (χ4v) is 3.88. The summed E-state index contributed by atoms with van der Waals surface area (Å²) < 4.78 is 19.2. The van der Waals surface area contributed by atoms with Crippen molar-refractivity contribution < 1.29 is 14.2 Å². The summed E-state index contributed by atoms with van der Waals surface area (Å²) in [6.07, 6.45) is 3.65. The standard InChI is InChI=1S/C20H26ClN5O3Si/c1-27-19-16(20(23-11-22-19)29-13-5-6-13)17-14-7-8-15(21)24-18(14)26(25-17)12-28-9-10-30(2,3)4/h7-8,11,13H,5-6,9-10,12H2,1-4H3. The molecule has 3 heterocycles. The molecule has 1 aliphatic rings. The minimum atomic E-state index is -1.18. The van der Waals surface area contributed by atoms with Crippen molar-refractivity contribution in [3.63, 3.8) is 0 Å². The number of ether oxygens (including phenoxy) is 3. The molecule has 0 unspecified atom stereocenters. The van der Waals surface area contributed by atoms with Gasteiger partial charge in [0.25, 0.3) is 0 Å². The van der Waals surface area contributed by atoms with E-state index in [1.54, 1.807) is 17.9 Å². The van der Waals surface area contributed by atoms with Crippen molar-refractivity contribution >= 4 is 30.7 Å². The van der Waals surface area contributed by atoms with Crippen molar-refractivity contribution in [3.05, 3.63) is 23.6 Å². The molecule has 0 bridgehead atoms. The molecule has 0 atom stereocenters. The summed E-state index contributed by atoms with van der Waals surface area (Å²) in [7, 11) is 0.394. The summed E-state index contributed by atoms with van der Waals surface area (Å²) in [6.45, 7) is 7.93. The maximum absolute atomic E-state index is 6.17. The number of halogens is 1. The third-order valence-electron chi connectivity index (χ3n) is 4.78. The highest BCUT2D eigenvalue weighted by Gasteiger charge is 2.29. The van der Waals surface area contributed by atoms with Gasteiger partial charge in [0.2, 0.25) is 11.8 Å². The predicted octanol–water partition coefficient (Wildman–Crippen LogP) is 4.40. The van der Waals surface area contributed by atoms with E-state index in [9.17, 15) is 0 Å². The van der Waals surface area contributed by atoms with Crippen molar-refractivity contribution in [2.45, 2.75) is 51.4 Å². The molecule has 1 saturated carbocycles. The Kier molecular flexibility index (Phi) is 5.94. The lowest BCUT2D eigenvalue weighted by Crippen LogP contribution is -2.22. The number of fused-ring (bicyclic) bond motifs is 1. The second-order valence-corrected chi connectivity index (χ2v) is 14.6. The Morgan fingerprint density at radius 3 is 2.63 bits per heavy atom. The fraction of sp³-hybridized carbons (Fsp3) is 0.500. The summed E-state index contributed by atoms with van der Waals surface area (Å²) in [5, 5.41) is 5.97. The lowest BCUT2D eigenvalue weighted by atomic mass is 10.1. The van der Waals surface area contributed by atoms with Gasteiger partial charge in [-0.1, -0.05) is 31.2 Å². The summed E-state index contributed by atoms with van der Waals surface area (Å²) >= 11 is 6.17. The quantitative estimate of drug-likeness (QED) is 0.273. The van der Waals surface area contributed by atoms with E-state index in [0.717, 1.165) is 24.3 Å². The van der Waals surface area contributed by atoms with Crippen LogP contribution in [0.4, 0.5) is 0 Å². The van der Waals surface area contributed by atoms with E-state index in [0.29, 0.717) is 40.4 Å². The molecule has 0 amide bonds. The maximum Gasteiger partial charge on any atom is 0.230 e. The molecular weight excluding hydrogens is 422 g/mol. The first-order valence-electron chi connectivity index (χ1n) is 10.0. The van der Waals surface area contributed by atoms with E-state index in [4.69, 9.17) is 30.9 Å². The molecule has 0 N–H and O–H groups in total. The molecule has 4 rings (SSSR count). The number of methoxy groups -OCH3 is 1. The zero-order valence-electron chi connectivity index (χ0n) is 17.7. The normalized spacial score (nSPS) is 14.3. The van der Waals surface area contributed by atoms with Crippen LogP contribution in [0.3, 0.4) is 0 Å². The smallest absolute Gasteiger partial charge is 0.230 e. The van der Waals surface area contributed by atoms with Gasteiger partial charge in [0, 0.05) is 20.1 Å². The summed E-state index contributed by atoms with van der Waals surface area (Å²) in [5.41, 5.74) is 1.88. The fourth-order valence-electron chi connectivity index (χ4n) is 2.98. The second kappa shape index (κ2) is 8.48. The minimum absolute atomic E-state index is 0.175. The number of pyridine rings is 1. The van der Waals surface area contributed by atoms with Crippen molar-refractivity contribution in [3.8, 4) is 23.0 Å². The van der Waals surface area contributed by atoms with E-state index in [1.165, 1.54) is 6.33 Å². The Morgan fingerprint density at radius 2 is 1.93 bits per heavy atom. The van der Waals surface area contributed by atoms with Crippen LogP contribution in [0, 0.1) is 0 Å². The monoisotopic (exact) mass is 447 g/mol. The highest BCUT2D eigenvalue weighted by Crippen LogP contribution is 2.40. The van der Waals surface area contributed by atoms with Gasteiger partial charge < -0.3 is 14.2 Å². The molecule has 0 spiro atoms. The van der Waals surface area contributed by atoms with Gasteiger partial charge in [-0.05, 0) is 31.0 Å². The van der Waals surface area contributed by atoms with Gasteiger partial charge in [-0.2, -0.15) is 5.10 Å². The van der Waals surface area contributed by atoms with E-state index in [-0.39, 0.29) is 12.8 Å². The molecule has 0 radical (unpaired) electrons. The molecule has 0 aliphatic heterocycles. The summed E-state index contributed by atoms with van der Waals surface area (Å²) in [6, 6.07) is 4.70. The number of hydrogen-bond donors (Lipinski definition) is 0. The van der Waals surface area contributed by atoms with Gasteiger partial charge in [0.15, 0.2) is 5.65 Å². The highest BCUT2D eigenvalue weighted by atomic mass is 35.5. The highest BCUT2D eigenvalue weighted by molar-refractivity contribution is 6.76. The Bertz CT molecular complexity index is 1050. The van der Waals surface area contributed by atoms with Gasteiger partial charge in [-0.15, -0.1) is 0 Å². The average molecular weight is 448 g/mol. The summed E-state index contributed by atoms with van der Waals surface area (Å²) in [5.74, 6) is 0.868.